The lowest BCUT2D eigenvalue weighted by Gasteiger charge is -2.13. The highest BCUT2D eigenvalue weighted by Gasteiger charge is 2.03. The first kappa shape index (κ1) is 14.0. The van der Waals surface area contributed by atoms with Gasteiger partial charge >= 0.3 is 0 Å². The summed E-state index contributed by atoms with van der Waals surface area (Å²) < 4.78 is 5.75. The molecule has 3 heteroatoms. The SMILES string of the molecule is CCCNCc1ccc(OC(C)CCC)cn1. The van der Waals surface area contributed by atoms with Gasteiger partial charge in [-0.1, -0.05) is 20.3 Å². The molecule has 17 heavy (non-hydrogen) atoms. The van der Waals surface area contributed by atoms with Crippen molar-refractivity contribution in [1.82, 2.24) is 10.3 Å². The minimum absolute atomic E-state index is 0.269. The van der Waals surface area contributed by atoms with Crippen molar-refractivity contribution < 1.29 is 4.74 Å². The molecular formula is C14H24N2O. The zero-order valence-electron chi connectivity index (χ0n) is 11.2. The number of hydrogen-bond acceptors (Lipinski definition) is 3. The standard InChI is InChI=1S/C14H24N2O/c1-4-6-12(3)17-14-8-7-13(16-11-14)10-15-9-5-2/h7-8,11-12,15H,4-6,9-10H2,1-3H3. The number of rotatable bonds is 8. The summed E-state index contributed by atoms with van der Waals surface area (Å²) in [5.41, 5.74) is 1.06. The molecule has 3 nitrogen and oxygen atoms in total. The van der Waals surface area contributed by atoms with Crippen LogP contribution in [0.5, 0.6) is 5.75 Å². The fourth-order valence-electron chi connectivity index (χ4n) is 1.68. The molecule has 0 saturated carbocycles. The number of ether oxygens (including phenoxy) is 1. The Kier molecular flexibility index (Phi) is 6.63. The van der Waals surface area contributed by atoms with Crippen molar-refractivity contribution in [3.05, 3.63) is 24.0 Å². The lowest BCUT2D eigenvalue weighted by Crippen LogP contribution is -2.15. The van der Waals surface area contributed by atoms with E-state index in [-0.39, 0.29) is 6.10 Å². The molecule has 0 aliphatic heterocycles. The van der Waals surface area contributed by atoms with Gasteiger partial charge in [-0.05, 0) is 38.4 Å². The maximum absolute atomic E-state index is 5.75. The van der Waals surface area contributed by atoms with Crippen molar-refractivity contribution in [2.45, 2.75) is 52.7 Å². The third-order valence-corrected chi connectivity index (χ3v) is 2.56. The summed E-state index contributed by atoms with van der Waals surface area (Å²) >= 11 is 0. The summed E-state index contributed by atoms with van der Waals surface area (Å²) in [5, 5.41) is 3.33. The monoisotopic (exact) mass is 236 g/mol. The van der Waals surface area contributed by atoms with Crippen molar-refractivity contribution >= 4 is 0 Å². The van der Waals surface area contributed by atoms with E-state index >= 15 is 0 Å². The Morgan fingerprint density at radius 2 is 2.12 bits per heavy atom. The van der Waals surface area contributed by atoms with Crippen molar-refractivity contribution in [2.75, 3.05) is 6.54 Å². The summed E-state index contributed by atoms with van der Waals surface area (Å²) in [6.07, 6.45) is 5.46. The first-order valence-corrected chi connectivity index (χ1v) is 6.58. The van der Waals surface area contributed by atoms with Gasteiger partial charge in [0.25, 0.3) is 0 Å². The Bertz CT molecular complexity index is 298. The van der Waals surface area contributed by atoms with E-state index in [1.807, 2.05) is 18.3 Å². The van der Waals surface area contributed by atoms with Gasteiger partial charge in [0.1, 0.15) is 5.75 Å². The summed E-state index contributed by atoms with van der Waals surface area (Å²) in [7, 11) is 0. The molecule has 1 aromatic heterocycles. The summed E-state index contributed by atoms with van der Waals surface area (Å²) in [6.45, 7) is 8.29. The van der Waals surface area contributed by atoms with E-state index in [0.29, 0.717) is 0 Å². The van der Waals surface area contributed by atoms with E-state index in [1.165, 1.54) is 0 Å². The number of hydrogen-bond donors (Lipinski definition) is 1. The van der Waals surface area contributed by atoms with Gasteiger partial charge in [-0.15, -0.1) is 0 Å². The highest BCUT2D eigenvalue weighted by atomic mass is 16.5. The normalized spacial score (nSPS) is 12.4. The molecular weight excluding hydrogens is 212 g/mol. The van der Waals surface area contributed by atoms with E-state index in [9.17, 15) is 0 Å². The molecule has 96 valence electrons. The molecule has 0 bridgehead atoms. The van der Waals surface area contributed by atoms with Crippen LogP contribution in [0, 0.1) is 0 Å². The summed E-state index contributed by atoms with van der Waals surface area (Å²) in [5.74, 6) is 0.866. The Balaban J connectivity index is 2.39. The molecule has 1 N–H and O–H groups in total. The van der Waals surface area contributed by atoms with Gasteiger partial charge < -0.3 is 10.1 Å². The van der Waals surface area contributed by atoms with Crippen molar-refractivity contribution in [3.8, 4) is 5.75 Å². The van der Waals surface area contributed by atoms with Gasteiger partial charge in [-0.2, -0.15) is 0 Å². The van der Waals surface area contributed by atoms with Crippen LogP contribution in [0.3, 0.4) is 0 Å². The molecule has 1 aromatic rings. The average Bonchev–Trinajstić information content (AvgIpc) is 2.32. The van der Waals surface area contributed by atoms with Crippen LogP contribution in [-0.2, 0) is 6.54 Å². The maximum atomic E-state index is 5.75. The van der Waals surface area contributed by atoms with Gasteiger partial charge in [0.05, 0.1) is 18.0 Å². The minimum atomic E-state index is 0.269. The van der Waals surface area contributed by atoms with Crippen LogP contribution in [0.4, 0.5) is 0 Å². The average molecular weight is 236 g/mol. The largest absolute Gasteiger partial charge is 0.489 e. The molecule has 1 unspecified atom stereocenters. The summed E-state index contributed by atoms with van der Waals surface area (Å²) in [6, 6.07) is 4.03. The fraction of sp³-hybridized carbons (Fsp3) is 0.643. The second-order valence-electron chi connectivity index (χ2n) is 4.38. The topological polar surface area (TPSA) is 34.1 Å². The third kappa shape index (κ3) is 5.68. The van der Waals surface area contributed by atoms with Crippen LogP contribution in [-0.4, -0.2) is 17.6 Å². The quantitative estimate of drug-likeness (QED) is 0.704. The zero-order chi connectivity index (χ0) is 12.5. The van der Waals surface area contributed by atoms with Gasteiger partial charge in [0, 0.05) is 6.54 Å². The molecule has 0 radical (unpaired) electrons. The third-order valence-electron chi connectivity index (χ3n) is 2.56. The predicted molar refractivity (Wildman–Crippen MR) is 71.2 cm³/mol. The molecule has 0 spiro atoms. The number of nitrogens with one attached hydrogen (secondary N) is 1. The van der Waals surface area contributed by atoms with Gasteiger partial charge in [-0.3, -0.25) is 4.98 Å². The molecule has 1 heterocycles. The molecule has 0 amide bonds. The van der Waals surface area contributed by atoms with Crippen molar-refractivity contribution in [2.24, 2.45) is 0 Å². The Hall–Kier alpha value is -1.09. The number of nitrogens with zero attached hydrogens (tertiary/aromatic N) is 1. The Labute approximate surface area is 105 Å². The van der Waals surface area contributed by atoms with Crippen LogP contribution in [0.2, 0.25) is 0 Å². The van der Waals surface area contributed by atoms with Crippen LogP contribution in [0.1, 0.15) is 45.7 Å². The number of aromatic nitrogens is 1. The van der Waals surface area contributed by atoms with E-state index in [4.69, 9.17) is 4.74 Å². The van der Waals surface area contributed by atoms with Crippen molar-refractivity contribution in [1.29, 1.82) is 0 Å². The van der Waals surface area contributed by atoms with E-state index in [1.54, 1.807) is 0 Å². The molecule has 1 rings (SSSR count). The lowest BCUT2D eigenvalue weighted by atomic mass is 10.2. The lowest BCUT2D eigenvalue weighted by molar-refractivity contribution is 0.209. The maximum Gasteiger partial charge on any atom is 0.138 e. The first-order valence-electron chi connectivity index (χ1n) is 6.58. The zero-order valence-corrected chi connectivity index (χ0v) is 11.2. The highest BCUT2D eigenvalue weighted by Crippen LogP contribution is 2.13. The molecule has 1 atom stereocenters. The Morgan fingerprint density at radius 3 is 2.71 bits per heavy atom. The first-order chi connectivity index (χ1) is 8.26. The van der Waals surface area contributed by atoms with Gasteiger partial charge in [0.15, 0.2) is 0 Å². The fourth-order valence-corrected chi connectivity index (χ4v) is 1.68. The van der Waals surface area contributed by atoms with Crippen LogP contribution in [0.15, 0.2) is 18.3 Å². The van der Waals surface area contributed by atoms with E-state index < -0.39 is 0 Å². The van der Waals surface area contributed by atoms with E-state index in [0.717, 1.165) is 43.8 Å². The molecule has 0 saturated heterocycles. The van der Waals surface area contributed by atoms with Crippen molar-refractivity contribution in [3.63, 3.8) is 0 Å². The Morgan fingerprint density at radius 1 is 1.29 bits per heavy atom. The second-order valence-corrected chi connectivity index (χ2v) is 4.38. The van der Waals surface area contributed by atoms with Crippen LogP contribution >= 0.6 is 0 Å². The van der Waals surface area contributed by atoms with Crippen LogP contribution in [0.25, 0.3) is 0 Å². The number of pyridine rings is 1. The second kappa shape index (κ2) is 8.07. The molecule has 0 aliphatic carbocycles. The van der Waals surface area contributed by atoms with Crippen LogP contribution < -0.4 is 10.1 Å². The van der Waals surface area contributed by atoms with Gasteiger partial charge in [-0.25, -0.2) is 0 Å². The molecule has 0 aromatic carbocycles. The smallest absolute Gasteiger partial charge is 0.138 e. The predicted octanol–water partition coefficient (Wildman–Crippen LogP) is 3.15. The highest BCUT2D eigenvalue weighted by molar-refractivity contribution is 5.20. The minimum Gasteiger partial charge on any atom is -0.489 e. The molecule has 0 aliphatic rings. The van der Waals surface area contributed by atoms with Gasteiger partial charge in [0.2, 0.25) is 0 Å². The molecule has 0 fully saturated rings. The summed E-state index contributed by atoms with van der Waals surface area (Å²) in [4.78, 5) is 4.38. The van der Waals surface area contributed by atoms with E-state index in [2.05, 4.69) is 31.1 Å².